The fourth-order valence-corrected chi connectivity index (χ4v) is 4.01. The molecule has 2 aliphatic rings. The van der Waals surface area contributed by atoms with Crippen LogP contribution in [0.1, 0.15) is 36.0 Å². The van der Waals surface area contributed by atoms with E-state index in [4.69, 9.17) is 0 Å². The molecule has 1 N–H and O–H groups in total. The summed E-state index contributed by atoms with van der Waals surface area (Å²) in [6.45, 7) is 4.96. The molecule has 6 heteroatoms. The Hall–Kier alpha value is -1.40. The monoisotopic (exact) mass is 335 g/mol. The summed E-state index contributed by atoms with van der Waals surface area (Å²) in [6, 6.07) is 1.87. The minimum absolute atomic E-state index is 0.0950. The van der Waals surface area contributed by atoms with E-state index in [1.165, 1.54) is 6.42 Å². The van der Waals surface area contributed by atoms with E-state index in [9.17, 15) is 9.59 Å². The predicted molar refractivity (Wildman–Crippen MR) is 91.6 cm³/mol. The van der Waals surface area contributed by atoms with Gasteiger partial charge in [-0.25, -0.2) is 0 Å². The van der Waals surface area contributed by atoms with E-state index in [1.807, 2.05) is 26.6 Å². The minimum Gasteiger partial charge on any atom is -0.341 e. The van der Waals surface area contributed by atoms with Crippen LogP contribution in [-0.2, 0) is 4.79 Å². The van der Waals surface area contributed by atoms with E-state index in [0.717, 1.165) is 44.6 Å². The van der Waals surface area contributed by atoms with Crippen molar-refractivity contribution in [2.24, 2.45) is 5.92 Å². The summed E-state index contributed by atoms with van der Waals surface area (Å²) in [4.78, 5) is 28.7. The van der Waals surface area contributed by atoms with Gasteiger partial charge in [0, 0.05) is 38.0 Å². The number of carbonyl (C=O) groups is 2. The Labute approximate surface area is 141 Å². The predicted octanol–water partition coefficient (Wildman–Crippen LogP) is 1.81. The third kappa shape index (κ3) is 4.32. The van der Waals surface area contributed by atoms with Gasteiger partial charge in [0.1, 0.15) is 0 Å². The van der Waals surface area contributed by atoms with E-state index >= 15 is 0 Å². The molecule has 0 saturated carbocycles. The van der Waals surface area contributed by atoms with E-state index in [-0.39, 0.29) is 11.8 Å². The minimum atomic E-state index is 0.0950. The molecule has 0 spiro atoms. The van der Waals surface area contributed by atoms with Crippen LogP contribution in [0.4, 0.5) is 0 Å². The molecule has 1 aromatic heterocycles. The number of rotatable bonds is 4. The molecular weight excluding hydrogens is 310 g/mol. The molecule has 5 nitrogen and oxygen atoms in total. The molecule has 0 radical (unpaired) electrons. The molecule has 1 aromatic rings. The molecule has 0 bridgehead atoms. The van der Waals surface area contributed by atoms with Crippen LogP contribution in [0.2, 0.25) is 0 Å². The van der Waals surface area contributed by atoms with Crippen molar-refractivity contribution in [3.05, 3.63) is 22.4 Å². The van der Waals surface area contributed by atoms with Gasteiger partial charge >= 0.3 is 0 Å². The van der Waals surface area contributed by atoms with Crippen molar-refractivity contribution >= 4 is 23.2 Å². The SMILES string of the molecule is O=C(CCC1CCNC1)N1CCCN(C(=O)c2ccsc2)CC1. The van der Waals surface area contributed by atoms with E-state index in [0.29, 0.717) is 25.4 Å². The van der Waals surface area contributed by atoms with Gasteiger partial charge < -0.3 is 15.1 Å². The molecule has 1 atom stereocenters. The highest BCUT2D eigenvalue weighted by molar-refractivity contribution is 7.08. The number of nitrogens with one attached hydrogen (secondary N) is 1. The summed E-state index contributed by atoms with van der Waals surface area (Å²) in [7, 11) is 0. The zero-order valence-corrected chi connectivity index (χ0v) is 14.3. The smallest absolute Gasteiger partial charge is 0.254 e. The average Bonchev–Trinajstić information content (AvgIpc) is 3.22. The van der Waals surface area contributed by atoms with Crippen LogP contribution in [0.5, 0.6) is 0 Å². The lowest BCUT2D eigenvalue weighted by atomic mass is 10.0. The molecule has 2 fully saturated rings. The number of nitrogens with zero attached hydrogens (tertiary/aromatic N) is 2. The Bertz CT molecular complexity index is 526. The lowest BCUT2D eigenvalue weighted by Gasteiger charge is -2.22. The Morgan fingerprint density at radius 3 is 2.78 bits per heavy atom. The van der Waals surface area contributed by atoms with Crippen LogP contribution < -0.4 is 5.32 Å². The van der Waals surface area contributed by atoms with Crippen molar-refractivity contribution in [2.75, 3.05) is 39.3 Å². The number of carbonyl (C=O) groups excluding carboxylic acids is 2. The van der Waals surface area contributed by atoms with Crippen LogP contribution >= 0.6 is 11.3 Å². The first-order valence-electron chi connectivity index (χ1n) is 8.54. The van der Waals surface area contributed by atoms with Gasteiger partial charge in [0.25, 0.3) is 5.91 Å². The highest BCUT2D eigenvalue weighted by Crippen LogP contribution is 2.17. The summed E-state index contributed by atoms with van der Waals surface area (Å²) in [5, 5.41) is 7.17. The third-order valence-electron chi connectivity index (χ3n) is 4.83. The fraction of sp³-hybridized carbons (Fsp3) is 0.647. The Morgan fingerprint density at radius 1 is 1.22 bits per heavy atom. The van der Waals surface area contributed by atoms with Crippen molar-refractivity contribution < 1.29 is 9.59 Å². The molecule has 0 aliphatic carbocycles. The average molecular weight is 335 g/mol. The molecule has 1 unspecified atom stereocenters. The first kappa shape index (κ1) is 16.5. The highest BCUT2D eigenvalue weighted by Gasteiger charge is 2.24. The maximum Gasteiger partial charge on any atom is 0.254 e. The third-order valence-corrected chi connectivity index (χ3v) is 5.52. The molecule has 126 valence electrons. The zero-order valence-electron chi connectivity index (χ0n) is 13.5. The van der Waals surface area contributed by atoms with Gasteiger partial charge in [-0.2, -0.15) is 11.3 Å². The molecule has 2 saturated heterocycles. The Morgan fingerprint density at radius 2 is 2.04 bits per heavy atom. The maximum absolute atomic E-state index is 12.4. The first-order chi connectivity index (χ1) is 11.2. The van der Waals surface area contributed by atoms with Gasteiger partial charge in [-0.1, -0.05) is 0 Å². The fourth-order valence-electron chi connectivity index (χ4n) is 3.39. The number of hydrogen-bond acceptors (Lipinski definition) is 4. The topological polar surface area (TPSA) is 52.7 Å². The first-order valence-corrected chi connectivity index (χ1v) is 9.48. The van der Waals surface area contributed by atoms with Crippen LogP contribution in [0.25, 0.3) is 0 Å². The van der Waals surface area contributed by atoms with Crippen molar-refractivity contribution in [2.45, 2.75) is 25.7 Å². The summed E-state index contributed by atoms with van der Waals surface area (Å²) >= 11 is 1.54. The van der Waals surface area contributed by atoms with E-state index < -0.39 is 0 Å². The van der Waals surface area contributed by atoms with Crippen LogP contribution in [0.3, 0.4) is 0 Å². The zero-order chi connectivity index (χ0) is 16.1. The standard InChI is InChI=1S/C17H25N3O2S/c21-16(3-2-14-4-6-18-12-14)19-7-1-8-20(10-9-19)17(22)15-5-11-23-13-15/h5,11,13-14,18H,1-4,6-10,12H2. The summed E-state index contributed by atoms with van der Waals surface area (Å²) in [5.74, 6) is 1.00. The Balaban J connectivity index is 1.47. The van der Waals surface area contributed by atoms with Crippen molar-refractivity contribution in [1.29, 1.82) is 0 Å². The second kappa shape index (κ2) is 7.93. The highest BCUT2D eigenvalue weighted by atomic mass is 32.1. The molecule has 3 rings (SSSR count). The molecule has 2 aliphatic heterocycles. The van der Waals surface area contributed by atoms with Gasteiger partial charge in [-0.05, 0) is 49.7 Å². The lowest BCUT2D eigenvalue weighted by molar-refractivity contribution is -0.131. The van der Waals surface area contributed by atoms with Gasteiger partial charge in [-0.3, -0.25) is 9.59 Å². The summed E-state index contributed by atoms with van der Waals surface area (Å²) < 4.78 is 0. The van der Waals surface area contributed by atoms with Crippen molar-refractivity contribution in [3.8, 4) is 0 Å². The quantitative estimate of drug-likeness (QED) is 0.913. The van der Waals surface area contributed by atoms with Crippen LogP contribution in [0, 0.1) is 5.92 Å². The molecule has 2 amide bonds. The summed E-state index contributed by atoms with van der Waals surface area (Å²) in [6.07, 6.45) is 3.69. The molecule has 0 aromatic carbocycles. The Kier molecular flexibility index (Phi) is 5.67. The number of thiophene rings is 1. The second-order valence-electron chi connectivity index (χ2n) is 6.44. The van der Waals surface area contributed by atoms with Gasteiger partial charge in [0.15, 0.2) is 0 Å². The van der Waals surface area contributed by atoms with Crippen molar-refractivity contribution in [3.63, 3.8) is 0 Å². The molecule has 23 heavy (non-hydrogen) atoms. The normalized spacial score (nSPS) is 22.2. The summed E-state index contributed by atoms with van der Waals surface area (Å²) in [5.41, 5.74) is 0.767. The number of hydrogen-bond donors (Lipinski definition) is 1. The van der Waals surface area contributed by atoms with Crippen LogP contribution in [0.15, 0.2) is 16.8 Å². The van der Waals surface area contributed by atoms with Gasteiger partial charge in [0.2, 0.25) is 5.91 Å². The number of amides is 2. The maximum atomic E-state index is 12.4. The largest absolute Gasteiger partial charge is 0.341 e. The van der Waals surface area contributed by atoms with Crippen LogP contribution in [-0.4, -0.2) is 60.9 Å². The lowest BCUT2D eigenvalue weighted by Crippen LogP contribution is -2.37. The van der Waals surface area contributed by atoms with Crippen molar-refractivity contribution in [1.82, 2.24) is 15.1 Å². The molecule has 3 heterocycles. The van der Waals surface area contributed by atoms with E-state index in [2.05, 4.69) is 5.32 Å². The van der Waals surface area contributed by atoms with E-state index in [1.54, 1.807) is 11.3 Å². The molecular formula is C17H25N3O2S. The second-order valence-corrected chi connectivity index (χ2v) is 7.22. The van der Waals surface area contributed by atoms with Gasteiger partial charge in [-0.15, -0.1) is 0 Å². The van der Waals surface area contributed by atoms with Gasteiger partial charge in [0.05, 0.1) is 5.56 Å².